The molecule has 2 atom stereocenters. The van der Waals surface area contributed by atoms with E-state index in [1.807, 2.05) is 48.5 Å². The fourth-order valence-electron chi connectivity index (χ4n) is 6.00. The van der Waals surface area contributed by atoms with Gasteiger partial charge >= 0.3 is 5.97 Å². The Bertz CT molecular complexity index is 1370. The van der Waals surface area contributed by atoms with E-state index in [0.717, 1.165) is 27.2 Å². The van der Waals surface area contributed by atoms with Crippen LogP contribution in [0.5, 0.6) is 0 Å². The predicted molar refractivity (Wildman–Crippen MR) is 136 cm³/mol. The van der Waals surface area contributed by atoms with Gasteiger partial charge in [-0.3, -0.25) is 24.1 Å². The summed E-state index contributed by atoms with van der Waals surface area (Å²) in [7, 11) is 0. The normalized spacial score (nSPS) is 22.8. The fraction of sp³-hybridized carbons (Fsp3) is 0.214. The Morgan fingerprint density at radius 3 is 1.84 bits per heavy atom. The maximum Gasteiger partial charge on any atom is 0.326 e. The SMILES string of the molecule is O=C(COC(=O)CN1C(=O)[C@@H]2C3c4ccccc4C(c4ccccc43)[C@H]2C1=O)Nc1cc(Cl)ccc1Cl. The standard InChI is InChI=1S/C28H20Cl2N2O5/c29-14-9-10-19(30)20(11-14)31-21(33)13-37-22(34)12-32-27(35)25-23-15-5-1-2-6-16(15)24(26(25)28(32)36)18-8-4-3-7-17(18)23/h1-11,23-26H,12-13H2,(H,31,33)/t23?,24?,25-,26-/m1/s1. The van der Waals surface area contributed by atoms with Crippen molar-refractivity contribution in [2.45, 2.75) is 11.8 Å². The van der Waals surface area contributed by atoms with Gasteiger partial charge in [-0.05, 0) is 40.5 Å². The van der Waals surface area contributed by atoms with Gasteiger partial charge in [0.25, 0.3) is 5.91 Å². The minimum Gasteiger partial charge on any atom is -0.454 e. The highest BCUT2D eigenvalue weighted by atomic mass is 35.5. The number of ether oxygens (including phenoxy) is 1. The fourth-order valence-corrected chi connectivity index (χ4v) is 6.33. The zero-order valence-corrected chi connectivity index (χ0v) is 20.8. The van der Waals surface area contributed by atoms with Crippen LogP contribution >= 0.6 is 23.2 Å². The van der Waals surface area contributed by atoms with E-state index in [2.05, 4.69) is 5.32 Å². The van der Waals surface area contributed by atoms with Crippen molar-refractivity contribution < 1.29 is 23.9 Å². The van der Waals surface area contributed by atoms with E-state index in [-0.39, 0.29) is 34.4 Å². The summed E-state index contributed by atoms with van der Waals surface area (Å²) in [6, 6.07) is 20.4. The molecule has 3 aromatic carbocycles. The molecule has 0 unspecified atom stereocenters. The van der Waals surface area contributed by atoms with Crippen LogP contribution in [0.15, 0.2) is 66.7 Å². The highest BCUT2D eigenvalue weighted by Gasteiger charge is 2.61. The van der Waals surface area contributed by atoms with Crippen molar-refractivity contribution in [1.29, 1.82) is 0 Å². The smallest absolute Gasteiger partial charge is 0.326 e. The lowest BCUT2D eigenvalue weighted by atomic mass is 9.55. The van der Waals surface area contributed by atoms with Crippen molar-refractivity contribution >= 4 is 52.6 Å². The van der Waals surface area contributed by atoms with Gasteiger partial charge < -0.3 is 10.1 Å². The molecule has 1 fully saturated rings. The second-order valence-electron chi connectivity index (χ2n) is 9.36. The van der Waals surface area contributed by atoms with Crippen LogP contribution < -0.4 is 5.32 Å². The largest absolute Gasteiger partial charge is 0.454 e. The predicted octanol–water partition coefficient (Wildman–Crippen LogP) is 4.37. The number of carbonyl (C=O) groups is 4. The van der Waals surface area contributed by atoms with Gasteiger partial charge in [0.2, 0.25) is 11.8 Å². The summed E-state index contributed by atoms with van der Waals surface area (Å²) >= 11 is 12.0. The van der Waals surface area contributed by atoms with Crippen LogP contribution in [0.2, 0.25) is 10.0 Å². The molecule has 2 bridgehead atoms. The molecule has 1 aliphatic heterocycles. The molecule has 3 aliphatic carbocycles. The lowest BCUT2D eigenvalue weighted by Gasteiger charge is -2.45. The Balaban J connectivity index is 1.18. The Morgan fingerprint density at radius 1 is 0.811 bits per heavy atom. The maximum atomic E-state index is 13.5. The molecule has 9 heteroatoms. The molecular weight excluding hydrogens is 515 g/mol. The second-order valence-corrected chi connectivity index (χ2v) is 10.2. The molecule has 0 aromatic heterocycles. The van der Waals surface area contributed by atoms with Crippen LogP contribution in [-0.4, -0.2) is 41.7 Å². The number of nitrogens with zero attached hydrogens (tertiary/aromatic N) is 1. The Morgan fingerprint density at radius 2 is 1.32 bits per heavy atom. The van der Waals surface area contributed by atoms with Gasteiger partial charge in [0, 0.05) is 16.9 Å². The molecule has 7 nitrogen and oxygen atoms in total. The molecule has 37 heavy (non-hydrogen) atoms. The molecule has 0 saturated carbocycles. The summed E-state index contributed by atoms with van der Waals surface area (Å²) in [5, 5.41) is 3.17. The first kappa shape index (κ1) is 23.7. The second kappa shape index (κ2) is 9.01. The Labute approximate surface area is 222 Å². The first-order chi connectivity index (χ1) is 17.8. The van der Waals surface area contributed by atoms with Gasteiger partial charge in [-0.25, -0.2) is 0 Å². The molecule has 1 N–H and O–H groups in total. The third-order valence-electron chi connectivity index (χ3n) is 7.39. The van der Waals surface area contributed by atoms with Crippen molar-refractivity contribution in [3.05, 3.63) is 99.0 Å². The van der Waals surface area contributed by atoms with Crippen molar-refractivity contribution in [2.75, 3.05) is 18.5 Å². The Hall–Kier alpha value is -3.68. The minimum atomic E-state index is -0.852. The van der Waals surface area contributed by atoms with Gasteiger partial charge in [-0.15, -0.1) is 0 Å². The number of rotatable bonds is 5. The van der Waals surface area contributed by atoms with Crippen LogP contribution in [0.25, 0.3) is 0 Å². The molecule has 186 valence electrons. The van der Waals surface area contributed by atoms with E-state index in [9.17, 15) is 19.2 Å². The summed E-state index contributed by atoms with van der Waals surface area (Å²) in [5.74, 6) is -3.93. The quantitative estimate of drug-likeness (QED) is 0.387. The average Bonchev–Trinajstić information content (AvgIpc) is 3.15. The van der Waals surface area contributed by atoms with Crippen molar-refractivity contribution in [3.63, 3.8) is 0 Å². The number of imide groups is 1. The molecule has 7 rings (SSSR count). The van der Waals surface area contributed by atoms with E-state index in [1.165, 1.54) is 12.1 Å². The number of anilines is 1. The monoisotopic (exact) mass is 534 g/mol. The minimum absolute atomic E-state index is 0.256. The number of likely N-dealkylation sites (tertiary alicyclic amines) is 1. The van der Waals surface area contributed by atoms with E-state index < -0.39 is 36.9 Å². The number of nitrogens with one attached hydrogen (secondary N) is 1. The van der Waals surface area contributed by atoms with Crippen LogP contribution in [0.1, 0.15) is 34.1 Å². The van der Waals surface area contributed by atoms with Gasteiger partial charge in [-0.2, -0.15) is 0 Å². The topological polar surface area (TPSA) is 92.8 Å². The van der Waals surface area contributed by atoms with Crippen LogP contribution in [0.3, 0.4) is 0 Å². The molecule has 1 saturated heterocycles. The number of hydrogen-bond acceptors (Lipinski definition) is 5. The lowest BCUT2D eigenvalue weighted by Crippen LogP contribution is -2.41. The number of amides is 3. The first-order valence-corrected chi connectivity index (χ1v) is 12.5. The van der Waals surface area contributed by atoms with Gasteiger partial charge in [-0.1, -0.05) is 71.7 Å². The summed E-state index contributed by atoms with van der Waals surface area (Å²) in [6.45, 7) is -1.16. The molecule has 1 heterocycles. The van der Waals surface area contributed by atoms with Crippen LogP contribution in [0, 0.1) is 11.8 Å². The first-order valence-electron chi connectivity index (χ1n) is 11.8. The number of esters is 1. The zero-order valence-electron chi connectivity index (χ0n) is 19.3. The van der Waals surface area contributed by atoms with Crippen molar-refractivity contribution in [3.8, 4) is 0 Å². The number of benzene rings is 3. The van der Waals surface area contributed by atoms with Gasteiger partial charge in [0.15, 0.2) is 6.61 Å². The van der Waals surface area contributed by atoms with Gasteiger partial charge in [0.05, 0.1) is 22.5 Å². The molecule has 3 aromatic rings. The molecular formula is C28H20Cl2N2O5. The Kier molecular flexibility index (Phi) is 5.77. The van der Waals surface area contributed by atoms with Crippen LogP contribution in [-0.2, 0) is 23.9 Å². The average molecular weight is 535 g/mol. The summed E-state index contributed by atoms with van der Waals surface area (Å²) in [4.78, 5) is 52.9. The number of hydrogen-bond donors (Lipinski definition) is 1. The third-order valence-corrected chi connectivity index (χ3v) is 7.96. The van der Waals surface area contributed by atoms with Crippen molar-refractivity contribution in [2.24, 2.45) is 11.8 Å². The van der Waals surface area contributed by atoms with E-state index in [0.29, 0.717) is 5.02 Å². The summed E-state index contributed by atoms with van der Waals surface area (Å²) < 4.78 is 5.08. The molecule has 3 amide bonds. The van der Waals surface area contributed by atoms with Crippen molar-refractivity contribution in [1.82, 2.24) is 4.90 Å². The van der Waals surface area contributed by atoms with E-state index >= 15 is 0 Å². The van der Waals surface area contributed by atoms with E-state index in [4.69, 9.17) is 27.9 Å². The highest BCUT2D eigenvalue weighted by Crippen LogP contribution is 2.60. The molecule has 4 aliphatic rings. The lowest BCUT2D eigenvalue weighted by molar-refractivity contribution is -0.154. The maximum absolute atomic E-state index is 13.5. The number of carbonyl (C=O) groups excluding carboxylic acids is 4. The van der Waals surface area contributed by atoms with Crippen LogP contribution in [0.4, 0.5) is 5.69 Å². The molecule has 0 radical (unpaired) electrons. The number of halogens is 2. The summed E-state index contributed by atoms with van der Waals surface area (Å²) in [6.07, 6.45) is 0. The van der Waals surface area contributed by atoms with Gasteiger partial charge in [0.1, 0.15) is 6.54 Å². The summed E-state index contributed by atoms with van der Waals surface area (Å²) in [5.41, 5.74) is 4.48. The third kappa shape index (κ3) is 3.81. The zero-order chi connectivity index (χ0) is 25.8. The van der Waals surface area contributed by atoms with E-state index in [1.54, 1.807) is 6.07 Å². The molecule has 0 spiro atoms. The highest BCUT2D eigenvalue weighted by molar-refractivity contribution is 6.35.